The van der Waals surface area contributed by atoms with Gasteiger partial charge in [0.05, 0.1) is 6.61 Å². The first-order chi connectivity index (χ1) is 14.7. The SMILES string of the molecule is C.C=C(Nc1ccc(NC(=O)NCCC(C)(C)F)cc1)c1ccc(OCCOC)cc1N.[CH3-].[HH].[HH].[HH].[V]. The Kier molecular flexibility index (Phi) is 15.8. The zero-order chi connectivity index (χ0) is 22.9. The summed E-state index contributed by atoms with van der Waals surface area (Å²) in [5, 5.41) is 8.54. The van der Waals surface area contributed by atoms with Crippen molar-refractivity contribution >= 4 is 28.8 Å². The van der Waals surface area contributed by atoms with Gasteiger partial charge in [-0.25, -0.2) is 9.18 Å². The second-order valence-corrected chi connectivity index (χ2v) is 7.62. The Morgan fingerprint density at radius 1 is 1.12 bits per heavy atom. The number of nitrogens with one attached hydrogen (secondary N) is 3. The van der Waals surface area contributed by atoms with Crippen LogP contribution in [0.5, 0.6) is 5.75 Å². The molecule has 1 radical (unpaired) electrons. The quantitative estimate of drug-likeness (QED) is 0.156. The average Bonchev–Trinajstić information content (AvgIpc) is 2.68. The molecule has 0 aliphatic heterocycles. The molecule has 0 saturated heterocycles. The average molecular weight is 519 g/mol. The standard InChI is InChI=1S/C23H31FN4O3.CH4.CH3.V.3H2/c1-16(20-10-9-19(15-21(20)25)31-14-13-30-4)27-17-5-7-18(8-6-17)28-22(29)26-12-11-23(2,3)24;;;;;;/h5-10,15,27H,1,11-14,25H2,2-4H3,(H2,26,28,29);1H4;1H3;;3*1H/q;;-1;;;;. The number of benzene rings is 2. The van der Waals surface area contributed by atoms with E-state index in [1.807, 2.05) is 24.3 Å². The van der Waals surface area contributed by atoms with Gasteiger partial charge in [0.15, 0.2) is 0 Å². The van der Waals surface area contributed by atoms with Gasteiger partial charge in [0, 0.05) is 70.9 Å². The van der Waals surface area contributed by atoms with Crippen LogP contribution in [0.1, 0.15) is 37.5 Å². The number of nitrogens with two attached hydrogens (primary N) is 1. The molecule has 0 aromatic heterocycles. The summed E-state index contributed by atoms with van der Waals surface area (Å²) in [5.41, 5.74) is 8.16. The molecule has 0 bridgehead atoms. The summed E-state index contributed by atoms with van der Waals surface area (Å²) < 4.78 is 24.0. The molecule has 5 N–H and O–H groups in total. The Morgan fingerprint density at radius 3 is 2.24 bits per heavy atom. The molecule has 2 amide bonds. The maximum Gasteiger partial charge on any atom is 0.319 e. The zero-order valence-corrected chi connectivity index (χ0v) is 21.1. The van der Waals surface area contributed by atoms with Crippen LogP contribution in [0.3, 0.4) is 0 Å². The number of carbonyl (C=O) groups is 1. The Bertz CT molecular complexity index is 902. The third kappa shape index (κ3) is 12.0. The van der Waals surface area contributed by atoms with Crippen LogP contribution >= 0.6 is 0 Å². The molecular weight excluding hydrogens is 474 g/mol. The van der Waals surface area contributed by atoms with Crippen molar-refractivity contribution in [3.8, 4) is 5.75 Å². The first kappa shape index (κ1) is 33.5. The topological polar surface area (TPSA) is 97.6 Å². The molecule has 0 atom stereocenters. The van der Waals surface area contributed by atoms with Gasteiger partial charge in [-0.05, 0) is 56.7 Å². The number of hydrogen-bond donors (Lipinski definition) is 4. The molecule has 2 aromatic rings. The molecule has 34 heavy (non-hydrogen) atoms. The van der Waals surface area contributed by atoms with E-state index < -0.39 is 5.67 Å². The van der Waals surface area contributed by atoms with Crippen LogP contribution in [0.2, 0.25) is 0 Å². The van der Waals surface area contributed by atoms with E-state index in [0.717, 1.165) is 11.3 Å². The molecule has 0 fully saturated rings. The van der Waals surface area contributed by atoms with Crippen LogP contribution in [0.15, 0.2) is 49.0 Å². The Morgan fingerprint density at radius 2 is 1.71 bits per heavy atom. The Labute approximate surface area is 220 Å². The molecule has 0 unspecified atom stereocenters. The summed E-state index contributed by atoms with van der Waals surface area (Å²) in [6, 6.07) is 12.2. The van der Waals surface area contributed by atoms with Gasteiger partial charge in [0.1, 0.15) is 18.0 Å². The first-order valence-corrected chi connectivity index (χ1v) is 9.99. The number of amides is 2. The fraction of sp³-hybridized carbons (Fsp3) is 0.360. The van der Waals surface area contributed by atoms with Crippen molar-refractivity contribution in [2.24, 2.45) is 0 Å². The smallest absolute Gasteiger partial charge is 0.319 e. The van der Waals surface area contributed by atoms with Crippen LogP contribution in [0.25, 0.3) is 5.70 Å². The van der Waals surface area contributed by atoms with Gasteiger partial charge in [-0.3, -0.25) is 0 Å². The van der Waals surface area contributed by atoms with Gasteiger partial charge < -0.3 is 38.6 Å². The summed E-state index contributed by atoms with van der Waals surface area (Å²) in [7, 11) is 1.61. The van der Waals surface area contributed by atoms with E-state index in [0.29, 0.717) is 36.0 Å². The van der Waals surface area contributed by atoms with Crippen molar-refractivity contribution in [1.29, 1.82) is 0 Å². The third-order valence-corrected chi connectivity index (χ3v) is 4.35. The van der Waals surface area contributed by atoms with Crippen molar-refractivity contribution in [3.63, 3.8) is 0 Å². The summed E-state index contributed by atoms with van der Waals surface area (Å²) in [4.78, 5) is 11.9. The summed E-state index contributed by atoms with van der Waals surface area (Å²) in [5.74, 6) is 0.662. The number of alkyl halides is 1. The number of carbonyl (C=O) groups excluding carboxylic acids is 1. The molecule has 0 aliphatic rings. The van der Waals surface area contributed by atoms with Crippen LogP contribution in [-0.4, -0.2) is 38.6 Å². The summed E-state index contributed by atoms with van der Waals surface area (Å²) in [6.07, 6.45) is 0.245. The van der Waals surface area contributed by atoms with Gasteiger partial charge in [-0.2, -0.15) is 0 Å². The second-order valence-electron chi connectivity index (χ2n) is 7.62. The van der Waals surface area contributed by atoms with E-state index in [9.17, 15) is 9.18 Å². The number of ether oxygens (including phenoxy) is 2. The molecule has 195 valence electrons. The summed E-state index contributed by atoms with van der Waals surface area (Å²) in [6.45, 7) is 8.20. The van der Waals surface area contributed by atoms with Crippen LogP contribution in [0.4, 0.5) is 26.2 Å². The number of nitrogen functional groups attached to an aromatic ring is 1. The minimum absolute atomic E-state index is 0. The molecule has 0 spiro atoms. The predicted octanol–water partition coefficient (Wildman–Crippen LogP) is 6.46. The van der Waals surface area contributed by atoms with Crippen LogP contribution < -0.4 is 26.4 Å². The predicted molar refractivity (Wildman–Crippen MR) is 144 cm³/mol. The Balaban J connectivity index is -0.000000569. The van der Waals surface area contributed by atoms with E-state index in [1.54, 1.807) is 25.3 Å². The van der Waals surface area contributed by atoms with Gasteiger partial charge in [-0.15, -0.1) is 0 Å². The molecule has 0 heterocycles. The largest absolute Gasteiger partial charge is 0.491 e. The molecule has 2 rings (SSSR count). The van der Waals surface area contributed by atoms with Crippen molar-refractivity contribution in [2.45, 2.75) is 33.4 Å². The fourth-order valence-corrected chi connectivity index (χ4v) is 2.68. The molecule has 0 saturated carbocycles. The molecule has 9 heteroatoms. The van der Waals surface area contributed by atoms with Gasteiger partial charge in [-0.1, -0.05) is 14.0 Å². The minimum Gasteiger partial charge on any atom is -0.491 e. The van der Waals surface area contributed by atoms with Gasteiger partial charge >= 0.3 is 6.03 Å². The van der Waals surface area contributed by atoms with Gasteiger partial charge in [0.2, 0.25) is 0 Å². The number of anilines is 3. The van der Waals surface area contributed by atoms with Crippen LogP contribution in [0, 0.1) is 7.43 Å². The number of halogens is 1. The third-order valence-electron chi connectivity index (χ3n) is 4.35. The van der Waals surface area contributed by atoms with E-state index in [1.165, 1.54) is 13.8 Å². The van der Waals surface area contributed by atoms with Gasteiger partial charge in [0.25, 0.3) is 0 Å². The normalized spacial score (nSPS) is 10.0. The van der Waals surface area contributed by atoms with E-state index in [4.69, 9.17) is 15.2 Å². The zero-order valence-electron chi connectivity index (χ0n) is 19.7. The molecule has 0 aliphatic carbocycles. The minimum atomic E-state index is -1.32. The van der Waals surface area contributed by atoms with E-state index in [-0.39, 0.29) is 56.7 Å². The molecule has 2 aromatic carbocycles. The van der Waals surface area contributed by atoms with Crippen molar-refractivity contribution in [3.05, 3.63) is 62.0 Å². The monoisotopic (exact) mass is 518 g/mol. The summed E-state index contributed by atoms with van der Waals surface area (Å²) >= 11 is 0. The van der Waals surface area contributed by atoms with Crippen molar-refractivity contribution in [1.82, 2.24) is 5.32 Å². The number of urea groups is 1. The van der Waals surface area contributed by atoms with E-state index >= 15 is 0 Å². The van der Waals surface area contributed by atoms with Crippen molar-refractivity contribution in [2.75, 3.05) is 43.2 Å². The second kappa shape index (κ2) is 16.0. The maximum atomic E-state index is 13.4. The molecule has 7 nitrogen and oxygen atoms in total. The molecular formula is C25H44FN4O3V-. The van der Waals surface area contributed by atoms with Crippen molar-refractivity contribution < 1.29 is 41.5 Å². The maximum absolute atomic E-state index is 13.4. The fourth-order valence-electron chi connectivity index (χ4n) is 2.68. The Hall–Kier alpha value is -2.68. The van der Waals surface area contributed by atoms with E-state index in [2.05, 4.69) is 22.5 Å². The number of hydrogen-bond acceptors (Lipinski definition) is 5. The first-order valence-electron chi connectivity index (χ1n) is 9.99. The number of rotatable bonds is 11. The van der Waals surface area contributed by atoms with Crippen LogP contribution in [-0.2, 0) is 23.3 Å². The number of methoxy groups -OCH3 is 1.